The van der Waals surface area contributed by atoms with Gasteiger partial charge in [0.25, 0.3) is 0 Å². The SMILES string of the molecule is C=C1C(C)[C@@H]2[C@@H](CC[C@]3(C)C(=O)C(F)C[C@@H]23)[C@@]2(C)CCC(=O)C(SC(C)=O)C12. The van der Waals surface area contributed by atoms with Crippen molar-refractivity contribution in [3.63, 3.8) is 0 Å². The van der Waals surface area contributed by atoms with Crippen molar-refractivity contribution in [3.05, 3.63) is 12.2 Å². The van der Waals surface area contributed by atoms with Crippen molar-refractivity contribution >= 4 is 28.4 Å². The van der Waals surface area contributed by atoms with Crippen molar-refractivity contribution in [2.24, 2.45) is 40.4 Å². The molecular weight excluding hydrogens is 375 g/mol. The van der Waals surface area contributed by atoms with Crippen LogP contribution in [0.1, 0.15) is 59.8 Å². The molecule has 9 atom stereocenters. The zero-order chi connectivity index (χ0) is 20.6. The van der Waals surface area contributed by atoms with Crippen LogP contribution in [0.15, 0.2) is 12.2 Å². The number of carbonyl (C=O) groups is 3. The Balaban J connectivity index is 1.76. The van der Waals surface area contributed by atoms with Crippen LogP contribution < -0.4 is 0 Å². The largest absolute Gasteiger partial charge is 0.298 e. The molecule has 0 saturated heterocycles. The van der Waals surface area contributed by atoms with E-state index in [4.69, 9.17) is 0 Å². The molecule has 0 heterocycles. The monoisotopic (exact) mass is 406 g/mol. The Hall–Kier alpha value is -0.970. The second-order valence-corrected chi connectivity index (χ2v) is 11.5. The molecule has 4 unspecified atom stereocenters. The summed E-state index contributed by atoms with van der Waals surface area (Å²) in [6, 6.07) is 0. The van der Waals surface area contributed by atoms with E-state index in [-0.39, 0.29) is 51.0 Å². The smallest absolute Gasteiger partial charge is 0.186 e. The fraction of sp³-hybridized carbons (Fsp3) is 0.783. The normalized spacial score (nSPS) is 50.8. The molecule has 4 aliphatic carbocycles. The standard InChI is InChI=1S/C23H31FO3S/c1-11-12(2)19-20(28-13(3)25)17(26)7-9-22(19,4)14-6-8-23(5)15(18(11)14)10-16(24)21(23)27/h11,14-16,18-20H,2,6-10H2,1,3-5H3/t11?,14-,15+,16?,18-,19?,20?,22-,23+/m1/s1. The molecule has 28 heavy (non-hydrogen) atoms. The Bertz CT molecular complexity index is 763. The van der Waals surface area contributed by atoms with Crippen LogP contribution in [0.2, 0.25) is 0 Å². The number of hydrogen-bond acceptors (Lipinski definition) is 4. The molecule has 4 fully saturated rings. The predicted octanol–water partition coefficient (Wildman–Crippen LogP) is 4.79. The molecule has 5 heteroatoms. The van der Waals surface area contributed by atoms with Crippen LogP contribution in [-0.2, 0) is 14.4 Å². The molecule has 0 N–H and O–H groups in total. The van der Waals surface area contributed by atoms with Gasteiger partial charge in [0, 0.05) is 24.7 Å². The first-order valence-corrected chi connectivity index (χ1v) is 11.5. The molecule has 4 rings (SSSR count). The number of fused-ring (bicyclic) bond motifs is 5. The molecule has 4 saturated carbocycles. The summed E-state index contributed by atoms with van der Waals surface area (Å²) in [6.45, 7) is 12.3. The average Bonchev–Trinajstić information content (AvgIpc) is 2.85. The van der Waals surface area contributed by atoms with Crippen LogP contribution in [0.5, 0.6) is 0 Å². The second kappa shape index (κ2) is 6.52. The summed E-state index contributed by atoms with van der Waals surface area (Å²) in [5, 5.41) is -0.373. The third-order valence-electron chi connectivity index (χ3n) is 8.97. The fourth-order valence-electron chi connectivity index (χ4n) is 7.51. The quantitative estimate of drug-likeness (QED) is 0.588. The number of carbonyl (C=O) groups excluding carboxylic acids is 3. The van der Waals surface area contributed by atoms with Crippen molar-refractivity contribution < 1.29 is 18.8 Å². The third kappa shape index (κ3) is 2.57. The highest BCUT2D eigenvalue weighted by Crippen LogP contribution is 2.68. The van der Waals surface area contributed by atoms with Gasteiger partial charge in [-0.2, -0.15) is 0 Å². The van der Waals surface area contributed by atoms with E-state index in [0.29, 0.717) is 18.8 Å². The number of halogens is 1. The Kier molecular flexibility index (Phi) is 4.73. The van der Waals surface area contributed by atoms with Crippen LogP contribution in [0.25, 0.3) is 0 Å². The molecule has 154 valence electrons. The van der Waals surface area contributed by atoms with Crippen LogP contribution in [0.4, 0.5) is 4.39 Å². The second-order valence-electron chi connectivity index (χ2n) is 10.2. The zero-order valence-electron chi connectivity index (χ0n) is 17.3. The third-order valence-corrected chi connectivity index (χ3v) is 10.1. The summed E-state index contributed by atoms with van der Waals surface area (Å²) >= 11 is 1.17. The minimum Gasteiger partial charge on any atom is -0.298 e. The number of rotatable bonds is 1. The summed E-state index contributed by atoms with van der Waals surface area (Å²) in [5.74, 6) is 0.702. The van der Waals surface area contributed by atoms with E-state index >= 15 is 0 Å². The van der Waals surface area contributed by atoms with Gasteiger partial charge in [0.2, 0.25) is 0 Å². The van der Waals surface area contributed by atoms with Crippen LogP contribution >= 0.6 is 11.8 Å². The molecular formula is C23H31FO3S. The van der Waals surface area contributed by atoms with Crippen molar-refractivity contribution in [2.45, 2.75) is 71.2 Å². The first kappa shape index (κ1) is 20.3. The van der Waals surface area contributed by atoms with E-state index in [2.05, 4.69) is 20.4 Å². The number of thioether (sulfide) groups is 1. The van der Waals surface area contributed by atoms with Gasteiger partial charge in [0.05, 0.1) is 5.25 Å². The highest BCUT2D eigenvalue weighted by atomic mass is 32.2. The molecule has 0 radical (unpaired) electrons. The summed E-state index contributed by atoms with van der Waals surface area (Å²) in [6.07, 6.45) is 1.92. The van der Waals surface area contributed by atoms with Gasteiger partial charge in [-0.3, -0.25) is 14.4 Å². The zero-order valence-corrected chi connectivity index (χ0v) is 18.1. The molecule has 0 spiro atoms. The maximum atomic E-state index is 14.5. The fourth-order valence-corrected chi connectivity index (χ4v) is 8.74. The number of hydrogen-bond donors (Lipinski definition) is 0. The number of ketones is 2. The molecule has 0 aliphatic heterocycles. The molecule has 3 nitrogen and oxygen atoms in total. The van der Waals surface area contributed by atoms with E-state index in [1.54, 1.807) is 0 Å². The minimum atomic E-state index is -1.34. The van der Waals surface area contributed by atoms with Crippen LogP contribution in [0.3, 0.4) is 0 Å². The summed E-state index contributed by atoms with van der Waals surface area (Å²) in [7, 11) is 0. The van der Waals surface area contributed by atoms with Crippen molar-refractivity contribution in [2.75, 3.05) is 0 Å². The molecule has 0 amide bonds. The Morgan fingerprint density at radius 1 is 1.21 bits per heavy atom. The minimum absolute atomic E-state index is 0.0125. The molecule has 4 aliphatic rings. The van der Waals surface area contributed by atoms with Crippen molar-refractivity contribution in [3.8, 4) is 0 Å². The number of Topliss-reactive ketones (excluding diaryl/α,β-unsaturated/α-hetero) is 2. The van der Waals surface area contributed by atoms with E-state index < -0.39 is 11.6 Å². The maximum Gasteiger partial charge on any atom is 0.186 e. The summed E-state index contributed by atoms with van der Waals surface area (Å²) in [4.78, 5) is 37.2. The first-order chi connectivity index (χ1) is 13.0. The van der Waals surface area contributed by atoms with Crippen LogP contribution in [-0.4, -0.2) is 28.1 Å². The lowest BCUT2D eigenvalue weighted by Crippen LogP contribution is -2.60. The first-order valence-electron chi connectivity index (χ1n) is 10.6. The number of allylic oxidation sites excluding steroid dienone is 1. The van der Waals surface area contributed by atoms with Crippen molar-refractivity contribution in [1.29, 1.82) is 0 Å². The van der Waals surface area contributed by atoms with E-state index in [1.165, 1.54) is 18.7 Å². The van der Waals surface area contributed by atoms with Gasteiger partial charge in [-0.25, -0.2) is 4.39 Å². The molecule has 0 bridgehead atoms. The molecule has 0 aromatic rings. The maximum absolute atomic E-state index is 14.5. The lowest BCUT2D eigenvalue weighted by molar-refractivity contribution is -0.143. The topological polar surface area (TPSA) is 51.2 Å². The Morgan fingerprint density at radius 3 is 2.54 bits per heavy atom. The van der Waals surface area contributed by atoms with Gasteiger partial charge in [-0.05, 0) is 54.8 Å². The van der Waals surface area contributed by atoms with E-state index in [0.717, 1.165) is 24.8 Å². The van der Waals surface area contributed by atoms with Gasteiger partial charge >= 0.3 is 0 Å². The van der Waals surface area contributed by atoms with Crippen molar-refractivity contribution in [1.82, 2.24) is 0 Å². The average molecular weight is 407 g/mol. The Morgan fingerprint density at radius 2 is 1.89 bits per heavy atom. The van der Waals surface area contributed by atoms with Gasteiger partial charge in [-0.1, -0.05) is 44.7 Å². The predicted molar refractivity (Wildman–Crippen MR) is 109 cm³/mol. The lowest BCUT2D eigenvalue weighted by Gasteiger charge is -2.63. The highest BCUT2D eigenvalue weighted by molar-refractivity contribution is 8.14. The van der Waals surface area contributed by atoms with E-state index in [1.807, 2.05) is 6.92 Å². The van der Waals surface area contributed by atoms with Gasteiger partial charge in [0.15, 0.2) is 17.1 Å². The lowest BCUT2D eigenvalue weighted by atomic mass is 9.42. The molecule has 0 aromatic carbocycles. The summed E-state index contributed by atoms with van der Waals surface area (Å²) in [5.41, 5.74) is 0.360. The van der Waals surface area contributed by atoms with Crippen LogP contribution in [0, 0.1) is 40.4 Å². The Labute approximate surface area is 171 Å². The van der Waals surface area contributed by atoms with Gasteiger partial charge in [-0.15, -0.1) is 0 Å². The summed E-state index contributed by atoms with van der Waals surface area (Å²) < 4.78 is 14.5. The highest BCUT2D eigenvalue weighted by Gasteiger charge is 2.66. The molecule has 0 aromatic heterocycles. The van der Waals surface area contributed by atoms with E-state index in [9.17, 15) is 18.8 Å². The van der Waals surface area contributed by atoms with Gasteiger partial charge in [0.1, 0.15) is 5.78 Å². The number of alkyl halides is 1. The van der Waals surface area contributed by atoms with Gasteiger partial charge < -0.3 is 0 Å².